The van der Waals surface area contributed by atoms with Gasteiger partial charge in [-0.3, -0.25) is 0 Å². The molecule has 7 heteroatoms. The fraction of sp³-hybridized carbons (Fsp3) is 0.240. The minimum Gasteiger partial charge on any atom is -0.481 e. The smallest absolute Gasteiger partial charge is 0.257 e. The van der Waals surface area contributed by atoms with Crippen LogP contribution in [0.5, 0.6) is 5.88 Å². The molecule has 32 heavy (non-hydrogen) atoms. The van der Waals surface area contributed by atoms with Gasteiger partial charge < -0.3 is 9.64 Å². The van der Waals surface area contributed by atoms with Crippen LogP contribution in [0.25, 0.3) is 0 Å². The number of hydrogen-bond acceptors (Lipinski definition) is 5. The first-order valence-electron chi connectivity index (χ1n) is 10.4. The zero-order valence-corrected chi connectivity index (χ0v) is 17.8. The topological polar surface area (TPSA) is 50.6 Å². The van der Waals surface area contributed by atoms with Gasteiger partial charge in [0.25, 0.3) is 5.92 Å². The lowest BCUT2D eigenvalue weighted by atomic mass is 9.94. The molecule has 1 aromatic heterocycles. The average Bonchev–Trinajstić information content (AvgIpc) is 2.83. The van der Waals surface area contributed by atoms with Crippen molar-refractivity contribution in [1.82, 2.24) is 9.97 Å². The Bertz CT molecular complexity index is 1060. The van der Waals surface area contributed by atoms with E-state index in [-0.39, 0.29) is 19.5 Å². The number of methoxy groups -OCH3 is 1. The largest absolute Gasteiger partial charge is 0.481 e. The van der Waals surface area contributed by atoms with Gasteiger partial charge in [-0.2, -0.15) is 9.97 Å². The molecule has 0 radical (unpaired) electrons. The van der Waals surface area contributed by atoms with Crippen LogP contribution in [-0.2, 0) is 0 Å². The summed E-state index contributed by atoms with van der Waals surface area (Å²) in [4.78, 5) is 15.5. The van der Waals surface area contributed by atoms with Crippen molar-refractivity contribution in [1.29, 1.82) is 0 Å². The fourth-order valence-corrected chi connectivity index (χ4v) is 3.67. The molecule has 4 rings (SSSR count). The lowest BCUT2D eigenvalue weighted by Gasteiger charge is -2.37. The lowest BCUT2D eigenvalue weighted by Crippen LogP contribution is -2.47. The summed E-state index contributed by atoms with van der Waals surface area (Å²) in [6, 6.07) is 21.2. The van der Waals surface area contributed by atoms with Gasteiger partial charge in [0.05, 0.1) is 18.7 Å². The minimum absolute atomic E-state index is 0.0804. The zero-order chi connectivity index (χ0) is 22.6. The van der Waals surface area contributed by atoms with E-state index in [0.29, 0.717) is 17.6 Å². The normalized spacial score (nSPS) is 17.5. The van der Waals surface area contributed by atoms with Gasteiger partial charge in [0, 0.05) is 36.7 Å². The Labute approximate surface area is 186 Å². The second kappa shape index (κ2) is 9.26. The Kier molecular flexibility index (Phi) is 6.25. The number of halogens is 2. The van der Waals surface area contributed by atoms with Crippen molar-refractivity contribution in [3.8, 4) is 5.88 Å². The molecule has 3 aromatic rings. The van der Waals surface area contributed by atoms with Crippen molar-refractivity contribution < 1.29 is 13.5 Å². The van der Waals surface area contributed by atoms with Crippen LogP contribution in [0.15, 0.2) is 84.4 Å². The third-order valence-corrected chi connectivity index (χ3v) is 5.45. The first kappa shape index (κ1) is 21.6. The SMILES string of the molecule is C=CC1CN(c2nc(N=C(c3ccccc3)c3ccccc3)cc(OC)n2)CCC1(F)F. The molecular weight excluding hydrogens is 410 g/mol. The van der Waals surface area contributed by atoms with Crippen LogP contribution in [-0.4, -0.2) is 41.8 Å². The van der Waals surface area contributed by atoms with Crippen molar-refractivity contribution in [3.05, 3.63) is 90.5 Å². The van der Waals surface area contributed by atoms with Crippen LogP contribution < -0.4 is 9.64 Å². The van der Waals surface area contributed by atoms with Crippen molar-refractivity contribution in [2.24, 2.45) is 10.9 Å². The van der Waals surface area contributed by atoms with Crippen LogP contribution in [0, 0.1) is 5.92 Å². The molecule has 5 nitrogen and oxygen atoms in total. The van der Waals surface area contributed by atoms with Crippen LogP contribution in [0.3, 0.4) is 0 Å². The highest BCUT2D eigenvalue weighted by molar-refractivity contribution is 6.13. The number of aliphatic imine (C=N–C) groups is 1. The summed E-state index contributed by atoms with van der Waals surface area (Å²) in [5.74, 6) is -2.73. The molecule has 0 amide bonds. The summed E-state index contributed by atoms with van der Waals surface area (Å²) in [6.45, 7) is 3.79. The van der Waals surface area contributed by atoms with Crippen LogP contribution in [0.1, 0.15) is 17.5 Å². The number of piperidine rings is 1. The van der Waals surface area contributed by atoms with Gasteiger partial charge in [-0.15, -0.1) is 6.58 Å². The summed E-state index contributed by atoms with van der Waals surface area (Å²) in [5, 5.41) is 0. The number of ether oxygens (including phenoxy) is 1. The highest BCUT2D eigenvalue weighted by Crippen LogP contribution is 2.36. The van der Waals surface area contributed by atoms with E-state index in [4.69, 9.17) is 9.73 Å². The first-order chi connectivity index (χ1) is 15.5. The second-order valence-electron chi connectivity index (χ2n) is 7.56. The maximum absolute atomic E-state index is 14.1. The molecule has 0 saturated carbocycles. The summed E-state index contributed by atoms with van der Waals surface area (Å²) < 4.78 is 33.6. The van der Waals surface area contributed by atoms with Crippen LogP contribution in [0.4, 0.5) is 20.5 Å². The van der Waals surface area contributed by atoms with Crippen LogP contribution in [0.2, 0.25) is 0 Å². The second-order valence-corrected chi connectivity index (χ2v) is 7.56. The van der Waals surface area contributed by atoms with Crippen molar-refractivity contribution in [2.45, 2.75) is 12.3 Å². The van der Waals surface area contributed by atoms with E-state index < -0.39 is 11.8 Å². The highest BCUT2D eigenvalue weighted by atomic mass is 19.3. The van der Waals surface area contributed by atoms with E-state index in [0.717, 1.165) is 16.8 Å². The summed E-state index contributed by atoms with van der Waals surface area (Å²) >= 11 is 0. The van der Waals surface area contributed by atoms with Crippen molar-refractivity contribution >= 4 is 17.5 Å². The standard InChI is InChI=1S/C25H24F2N4O/c1-3-20-17-31(15-14-25(20,26)27)24-29-21(16-22(30-24)32-2)28-23(18-10-6-4-7-11-18)19-12-8-5-9-13-19/h3-13,16,20H,1,14-15,17H2,2H3. The minimum atomic E-state index is -2.79. The molecule has 1 atom stereocenters. The van der Waals surface area contributed by atoms with Crippen LogP contribution >= 0.6 is 0 Å². The summed E-state index contributed by atoms with van der Waals surface area (Å²) in [7, 11) is 1.51. The van der Waals surface area contributed by atoms with E-state index in [1.165, 1.54) is 13.2 Å². The van der Waals surface area contributed by atoms with E-state index in [1.807, 2.05) is 60.7 Å². The molecular formula is C25H24F2N4O. The number of hydrogen-bond donors (Lipinski definition) is 0. The molecule has 1 aliphatic heterocycles. The van der Waals surface area contributed by atoms with E-state index in [9.17, 15) is 8.78 Å². The number of alkyl halides is 2. The Balaban J connectivity index is 1.76. The molecule has 1 unspecified atom stereocenters. The van der Waals surface area contributed by atoms with E-state index in [2.05, 4.69) is 16.5 Å². The van der Waals surface area contributed by atoms with E-state index in [1.54, 1.807) is 11.0 Å². The van der Waals surface area contributed by atoms with Gasteiger partial charge in [-0.05, 0) is 0 Å². The number of rotatable bonds is 6. The number of anilines is 1. The maximum atomic E-state index is 14.1. The lowest BCUT2D eigenvalue weighted by molar-refractivity contribution is -0.0545. The number of benzene rings is 2. The molecule has 2 aromatic carbocycles. The highest BCUT2D eigenvalue weighted by Gasteiger charge is 2.43. The molecule has 0 N–H and O–H groups in total. The molecule has 1 aliphatic rings. The number of aromatic nitrogens is 2. The van der Waals surface area contributed by atoms with Crippen molar-refractivity contribution in [3.63, 3.8) is 0 Å². The van der Waals surface area contributed by atoms with Crippen molar-refractivity contribution in [2.75, 3.05) is 25.1 Å². The predicted molar refractivity (Wildman–Crippen MR) is 122 cm³/mol. The predicted octanol–water partition coefficient (Wildman–Crippen LogP) is 5.30. The van der Waals surface area contributed by atoms with E-state index >= 15 is 0 Å². The molecule has 1 saturated heterocycles. The maximum Gasteiger partial charge on any atom is 0.257 e. The molecule has 0 bridgehead atoms. The van der Waals surface area contributed by atoms with Gasteiger partial charge >= 0.3 is 0 Å². The third-order valence-electron chi connectivity index (χ3n) is 5.45. The Morgan fingerprint density at radius 3 is 2.28 bits per heavy atom. The van der Waals surface area contributed by atoms with Gasteiger partial charge in [0.15, 0.2) is 5.82 Å². The molecule has 0 spiro atoms. The fourth-order valence-electron chi connectivity index (χ4n) is 3.67. The third kappa shape index (κ3) is 4.66. The van der Waals surface area contributed by atoms with Gasteiger partial charge in [-0.25, -0.2) is 13.8 Å². The van der Waals surface area contributed by atoms with Gasteiger partial charge in [0.1, 0.15) is 0 Å². The Hall–Kier alpha value is -3.61. The molecule has 0 aliphatic carbocycles. The molecule has 2 heterocycles. The first-order valence-corrected chi connectivity index (χ1v) is 10.4. The Morgan fingerprint density at radius 1 is 1.09 bits per heavy atom. The Morgan fingerprint density at radius 2 is 1.72 bits per heavy atom. The monoisotopic (exact) mass is 434 g/mol. The summed E-state index contributed by atoms with van der Waals surface area (Å²) in [5.41, 5.74) is 2.61. The zero-order valence-electron chi connectivity index (χ0n) is 17.8. The average molecular weight is 434 g/mol. The molecule has 164 valence electrons. The quantitative estimate of drug-likeness (QED) is 0.390. The summed E-state index contributed by atoms with van der Waals surface area (Å²) in [6.07, 6.45) is 1.01. The number of nitrogens with zero attached hydrogens (tertiary/aromatic N) is 4. The molecule has 1 fully saturated rings. The van der Waals surface area contributed by atoms with Gasteiger partial charge in [0.2, 0.25) is 11.8 Å². The van der Waals surface area contributed by atoms with Gasteiger partial charge in [-0.1, -0.05) is 66.7 Å².